The molecule has 2 amide bonds. The second-order valence-electron chi connectivity index (χ2n) is 9.78. The van der Waals surface area contributed by atoms with Crippen LogP contribution in [0, 0.1) is 0 Å². The summed E-state index contributed by atoms with van der Waals surface area (Å²) >= 11 is 0.738. The summed E-state index contributed by atoms with van der Waals surface area (Å²) in [7, 11) is 0. The lowest BCUT2D eigenvalue weighted by molar-refractivity contribution is -0.140. The van der Waals surface area contributed by atoms with Gasteiger partial charge in [0.1, 0.15) is 16.4 Å². The highest BCUT2D eigenvalue weighted by molar-refractivity contribution is 7.13. The number of hydrogen-bond acceptors (Lipinski definition) is 8. The lowest BCUT2D eigenvalue weighted by atomic mass is 10.0. The van der Waals surface area contributed by atoms with Gasteiger partial charge in [-0.2, -0.15) is 13.2 Å². The van der Waals surface area contributed by atoms with E-state index < -0.39 is 34.9 Å². The highest BCUT2D eigenvalue weighted by Crippen LogP contribution is 2.38. The number of hydrogen-bond donors (Lipinski definition) is 3. The van der Waals surface area contributed by atoms with E-state index in [-0.39, 0.29) is 39.6 Å². The predicted molar refractivity (Wildman–Crippen MR) is 155 cm³/mol. The number of likely N-dealkylation sites (tertiary alicyclic amines) is 1. The Balaban J connectivity index is 1.61. The van der Waals surface area contributed by atoms with Gasteiger partial charge in [0.2, 0.25) is 5.43 Å². The summed E-state index contributed by atoms with van der Waals surface area (Å²) in [6.07, 6.45) is 3.01. The number of pyridine rings is 3. The van der Waals surface area contributed by atoms with Crippen molar-refractivity contribution in [2.75, 3.05) is 31.5 Å². The normalized spacial score (nSPS) is 13.7. The van der Waals surface area contributed by atoms with Gasteiger partial charge in [-0.15, -0.1) is 17.9 Å². The molecule has 4 aromatic rings. The summed E-state index contributed by atoms with van der Waals surface area (Å²) in [6.45, 7) is 6.66. The quantitative estimate of drug-likeness (QED) is 0.231. The lowest BCUT2D eigenvalue weighted by Gasteiger charge is -2.18. The minimum atomic E-state index is -4.68. The van der Waals surface area contributed by atoms with Crippen LogP contribution >= 0.6 is 11.3 Å². The van der Waals surface area contributed by atoms with E-state index in [2.05, 4.69) is 37.1 Å². The second-order valence-corrected chi connectivity index (χ2v) is 10.6. The van der Waals surface area contributed by atoms with Crippen molar-refractivity contribution in [3.63, 3.8) is 0 Å². The molecular weight excluding hydrogens is 587 g/mol. The maximum Gasteiger partial charge on any atom is 0.434 e. The second kappa shape index (κ2) is 12.3. The number of amides is 2. The van der Waals surface area contributed by atoms with E-state index in [1.54, 1.807) is 4.57 Å². The first kappa shape index (κ1) is 29.8. The monoisotopic (exact) mass is 613 g/mol. The number of aromatic nitrogens is 4. The number of nitrogens with one attached hydrogen (secondary N) is 2. The van der Waals surface area contributed by atoms with Crippen LogP contribution in [0.3, 0.4) is 0 Å². The minimum Gasteiger partial charge on any atom is -0.477 e. The largest absolute Gasteiger partial charge is 0.477 e. The highest BCUT2D eigenvalue weighted by Gasteiger charge is 2.34. The zero-order valence-corrected chi connectivity index (χ0v) is 23.5. The highest BCUT2D eigenvalue weighted by atomic mass is 32.1. The maximum atomic E-state index is 13.4. The molecule has 15 heteroatoms. The number of rotatable bonds is 9. The number of fused-ring (bicyclic) bond motifs is 1. The Labute approximate surface area is 246 Å². The molecule has 11 nitrogen and oxygen atoms in total. The van der Waals surface area contributed by atoms with Crippen molar-refractivity contribution in [3.05, 3.63) is 70.2 Å². The predicted octanol–water partition coefficient (Wildman–Crippen LogP) is 4.70. The van der Waals surface area contributed by atoms with Crippen LogP contribution in [0.15, 0.2) is 53.6 Å². The van der Waals surface area contributed by atoms with Gasteiger partial charge in [0.05, 0.1) is 22.8 Å². The van der Waals surface area contributed by atoms with Crippen molar-refractivity contribution in [3.8, 4) is 21.8 Å². The molecule has 3 N–H and O–H groups in total. The molecule has 0 atom stereocenters. The molecule has 5 heterocycles. The van der Waals surface area contributed by atoms with E-state index in [0.29, 0.717) is 18.6 Å². The Morgan fingerprint density at radius 1 is 1.12 bits per heavy atom. The van der Waals surface area contributed by atoms with Gasteiger partial charge in [0, 0.05) is 48.5 Å². The summed E-state index contributed by atoms with van der Waals surface area (Å²) in [4.78, 5) is 52.1. The van der Waals surface area contributed by atoms with Gasteiger partial charge in [-0.3, -0.25) is 15.1 Å². The fourth-order valence-corrected chi connectivity index (χ4v) is 5.64. The number of nitrogens with zero attached hydrogens (tertiary/aromatic N) is 5. The van der Waals surface area contributed by atoms with Crippen molar-refractivity contribution in [1.82, 2.24) is 29.7 Å². The molecule has 0 saturated carbocycles. The smallest absolute Gasteiger partial charge is 0.434 e. The molecule has 0 bridgehead atoms. The van der Waals surface area contributed by atoms with Crippen LogP contribution in [-0.4, -0.2) is 67.7 Å². The molecule has 4 aromatic heterocycles. The Hall–Kier alpha value is -4.63. The number of carbonyl (C=O) groups is 2. The van der Waals surface area contributed by atoms with Gasteiger partial charge < -0.3 is 19.9 Å². The maximum absolute atomic E-state index is 13.4. The first-order valence-corrected chi connectivity index (χ1v) is 14.1. The van der Waals surface area contributed by atoms with Gasteiger partial charge in [-0.25, -0.2) is 19.6 Å². The topological polar surface area (TPSA) is 142 Å². The number of halogens is 3. The molecule has 43 heavy (non-hydrogen) atoms. The third kappa shape index (κ3) is 6.57. The Morgan fingerprint density at radius 3 is 2.56 bits per heavy atom. The van der Waals surface area contributed by atoms with Crippen molar-refractivity contribution in [2.45, 2.75) is 25.6 Å². The molecular formula is C28H26F3N7O4S. The van der Waals surface area contributed by atoms with E-state index >= 15 is 0 Å². The van der Waals surface area contributed by atoms with Crippen molar-refractivity contribution < 1.29 is 27.9 Å². The number of urea groups is 1. The van der Waals surface area contributed by atoms with E-state index in [0.717, 1.165) is 42.6 Å². The molecule has 1 fully saturated rings. The number of aromatic carboxylic acids is 1. The van der Waals surface area contributed by atoms with Crippen molar-refractivity contribution in [2.24, 2.45) is 0 Å². The number of carboxylic acids is 1. The molecule has 1 saturated heterocycles. The van der Waals surface area contributed by atoms with E-state index in [1.165, 1.54) is 36.8 Å². The van der Waals surface area contributed by atoms with E-state index in [4.69, 9.17) is 0 Å². The Morgan fingerprint density at radius 2 is 1.88 bits per heavy atom. The van der Waals surface area contributed by atoms with Crippen LogP contribution in [0.25, 0.3) is 32.7 Å². The van der Waals surface area contributed by atoms with Crippen LogP contribution in [0.5, 0.6) is 0 Å². The van der Waals surface area contributed by atoms with Gasteiger partial charge in [-0.05, 0) is 38.1 Å². The van der Waals surface area contributed by atoms with Crippen LogP contribution in [0.4, 0.5) is 23.8 Å². The van der Waals surface area contributed by atoms with Crippen LogP contribution in [0.2, 0.25) is 0 Å². The van der Waals surface area contributed by atoms with Gasteiger partial charge in [0.25, 0.3) is 0 Å². The molecule has 0 radical (unpaired) electrons. The van der Waals surface area contributed by atoms with Gasteiger partial charge in [-0.1, -0.05) is 6.08 Å². The Bertz CT molecular complexity index is 1760. The zero-order valence-electron chi connectivity index (χ0n) is 22.6. The van der Waals surface area contributed by atoms with Crippen LogP contribution in [0.1, 0.15) is 28.9 Å². The SMILES string of the molecule is C=CCNC(=O)Nc1cc(-c2nc(C(F)(F)F)cs2)c(-c2cc3c(=O)c(C(=O)O)cn(CCN4CCCC4)c3cn2)cn1. The van der Waals surface area contributed by atoms with E-state index in [1.807, 2.05) is 0 Å². The zero-order chi connectivity index (χ0) is 30.7. The molecule has 0 aliphatic carbocycles. The fraction of sp³-hybridized carbons (Fsp3) is 0.286. The summed E-state index contributed by atoms with van der Waals surface area (Å²) in [6, 6.07) is 2.15. The number of thiazole rings is 1. The number of anilines is 1. The number of alkyl halides is 3. The average molecular weight is 614 g/mol. The van der Waals surface area contributed by atoms with Gasteiger partial charge >= 0.3 is 18.2 Å². The molecule has 224 valence electrons. The molecule has 1 aliphatic heterocycles. The summed E-state index contributed by atoms with van der Waals surface area (Å²) in [5.74, 6) is -1.35. The molecule has 0 unspecified atom stereocenters. The minimum absolute atomic E-state index is 0.0246. The molecule has 0 aromatic carbocycles. The molecule has 0 spiro atoms. The average Bonchev–Trinajstić information content (AvgIpc) is 3.68. The summed E-state index contributed by atoms with van der Waals surface area (Å²) in [5.41, 5.74) is -1.25. The fourth-order valence-electron chi connectivity index (χ4n) is 4.79. The van der Waals surface area contributed by atoms with Crippen LogP contribution in [-0.2, 0) is 12.7 Å². The number of carboxylic acid groups (broad SMARTS) is 1. The third-order valence-corrected chi connectivity index (χ3v) is 7.78. The lowest BCUT2D eigenvalue weighted by Crippen LogP contribution is -2.29. The summed E-state index contributed by atoms with van der Waals surface area (Å²) < 4.78 is 41.8. The van der Waals surface area contributed by atoms with E-state index in [9.17, 15) is 32.7 Å². The van der Waals surface area contributed by atoms with Crippen molar-refractivity contribution >= 4 is 40.1 Å². The molecule has 1 aliphatic rings. The van der Waals surface area contributed by atoms with Crippen molar-refractivity contribution in [1.29, 1.82) is 0 Å². The molecule has 5 rings (SSSR count). The van der Waals surface area contributed by atoms with Gasteiger partial charge in [0.15, 0.2) is 5.69 Å². The standard InChI is InChI=1S/C28H26F3N7O4S/c1-2-5-32-27(42)36-23-11-16(25-35-22(15-43-25)28(29,30)31)18(12-34-23)20-10-17-21(13-33-20)38(9-8-37-6-3-4-7-37)14-19(24(17)39)26(40)41/h2,10-15H,1,3-9H2,(H,40,41)(H2,32,34,36,42). The van der Waals surface area contributed by atoms with Crippen LogP contribution < -0.4 is 16.1 Å². The Kier molecular flexibility index (Phi) is 8.54. The first-order valence-electron chi connectivity index (χ1n) is 13.2. The summed E-state index contributed by atoms with van der Waals surface area (Å²) in [5, 5.41) is 15.7. The first-order chi connectivity index (χ1) is 20.5. The third-order valence-electron chi connectivity index (χ3n) is 6.91. The number of carbonyl (C=O) groups excluding carboxylic acids is 1.